The predicted octanol–water partition coefficient (Wildman–Crippen LogP) is 0.855. The van der Waals surface area contributed by atoms with Crippen LogP contribution in [0.15, 0.2) is 10.6 Å². The standard InChI is InChI=1S/C4H7Cl2NO2S/c1-10(8,9)7-3-2-4(5)6/h2,7H,3H2,1H3. The molecule has 0 spiro atoms. The maximum atomic E-state index is 10.4. The molecule has 0 aliphatic heterocycles. The van der Waals surface area contributed by atoms with Gasteiger partial charge >= 0.3 is 0 Å². The van der Waals surface area contributed by atoms with Gasteiger partial charge < -0.3 is 0 Å². The average molecular weight is 204 g/mol. The van der Waals surface area contributed by atoms with E-state index in [2.05, 4.69) is 4.72 Å². The van der Waals surface area contributed by atoms with Gasteiger partial charge in [-0.1, -0.05) is 23.2 Å². The van der Waals surface area contributed by atoms with Gasteiger partial charge in [-0.25, -0.2) is 13.1 Å². The Morgan fingerprint density at radius 1 is 1.60 bits per heavy atom. The zero-order chi connectivity index (χ0) is 8.20. The second kappa shape index (κ2) is 4.18. The van der Waals surface area contributed by atoms with Crippen LogP contribution in [0.5, 0.6) is 0 Å². The lowest BCUT2D eigenvalue weighted by atomic mass is 10.7. The van der Waals surface area contributed by atoms with Gasteiger partial charge in [0.25, 0.3) is 0 Å². The summed E-state index contributed by atoms with van der Waals surface area (Å²) in [6.07, 6.45) is 2.41. The van der Waals surface area contributed by atoms with Gasteiger partial charge in [-0.05, 0) is 6.08 Å². The molecule has 0 aromatic rings. The van der Waals surface area contributed by atoms with Crippen LogP contribution in [0.3, 0.4) is 0 Å². The van der Waals surface area contributed by atoms with E-state index in [1.54, 1.807) is 0 Å². The van der Waals surface area contributed by atoms with Crippen molar-refractivity contribution < 1.29 is 8.42 Å². The SMILES string of the molecule is CS(=O)(=O)NCC=C(Cl)Cl. The Morgan fingerprint density at radius 3 is 2.40 bits per heavy atom. The molecule has 0 aromatic heterocycles. The molecule has 0 aromatic carbocycles. The number of halogens is 2. The third kappa shape index (κ3) is 8.23. The van der Waals surface area contributed by atoms with Gasteiger partial charge in [0, 0.05) is 6.54 Å². The van der Waals surface area contributed by atoms with Gasteiger partial charge in [0.2, 0.25) is 10.0 Å². The Bertz CT molecular complexity index is 217. The Balaban J connectivity index is 3.69. The van der Waals surface area contributed by atoms with Crippen LogP contribution < -0.4 is 4.72 Å². The van der Waals surface area contributed by atoms with Crippen molar-refractivity contribution in [3.8, 4) is 0 Å². The average Bonchev–Trinajstić information content (AvgIpc) is 1.59. The molecule has 1 N–H and O–H groups in total. The molecule has 10 heavy (non-hydrogen) atoms. The summed E-state index contributed by atoms with van der Waals surface area (Å²) in [6.45, 7) is 0.126. The number of nitrogens with one attached hydrogen (secondary N) is 1. The van der Waals surface area contributed by atoms with Crippen LogP contribution in [-0.4, -0.2) is 21.2 Å². The summed E-state index contributed by atoms with van der Waals surface area (Å²) in [4.78, 5) is 0. The molecule has 0 saturated heterocycles. The predicted molar refractivity (Wildman–Crippen MR) is 42.6 cm³/mol. The minimum absolute atomic E-state index is 0.0520. The van der Waals surface area contributed by atoms with E-state index in [-0.39, 0.29) is 11.0 Å². The second-order valence-electron chi connectivity index (χ2n) is 1.61. The van der Waals surface area contributed by atoms with Gasteiger partial charge in [-0.3, -0.25) is 0 Å². The van der Waals surface area contributed by atoms with Crippen molar-refractivity contribution in [3.05, 3.63) is 10.6 Å². The molecule has 0 saturated carbocycles. The molecule has 0 heterocycles. The minimum atomic E-state index is -3.13. The van der Waals surface area contributed by atoms with Crippen molar-refractivity contribution in [2.75, 3.05) is 12.8 Å². The van der Waals surface area contributed by atoms with Crippen molar-refractivity contribution in [1.82, 2.24) is 4.72 Å². The largest absolute Gasteiger partial charge is 0.213 e. The Kier molecular flexibility index (Phi) is 4.28. The molecule has 0 bridgehead atoms. The molecule has 0 aliphatic rings. The molecule has 0 aliphatic carbocycles. The highest BCUT2D eigenvalue weighted by Gasteiger charge is 1.95. The lowest BCUT2D eigenvalue weighted by molar-refractivity contribution is 0.592. The van der Waals surface area contributed by atoms with E-state index in [0.29, 0.717) is 0 Å². The summed E-state index contributed by atoms with van der Waals surface area (Å²) in [7, 11) is -3.13. The fourth-order valence-electron chi connectivity index (χ4n) is 0.270. The Labute approximate surface area is 70.1 Å². The molecule has 0 fully saturated rings. The van der Waals surface area contributed by atoms with Crippen molar-refractivity contribution in [3.63, 3.8) is 0 Å². The zero-order valence-corrected chi connectivity index (χ0v) is 7.59. The first-order valence-corrected chi connectivity index (χ1v) is 5.02. The van der Waals surface area contributed by atoms with Gasteiger partial charge in [-0.2, -0.15) is 0 Å². The van der Waals surface area contributed by atoms with Crippen LogP contribution in [0.4, 0.5) is 0 Å². The normalized spacial score (nSPS) is 11.1. The van der Waals surface area contributed by atoms with Crippen LogP contribution in [0.1, 0.15) is 0 Å². The van der Waals surface area contributed by atoms with E-state index in [1.165, 1.54) is 6.08 Å². The topological polar surface area (TPSA) is 46.2 Å². The quantitative estimate of drug-likeness (QED) is 0.740. The molecule has 0 unspecified atom stereocenters. The summed E-state index contributed by atoms with van der Waals surface area (Å²) in [5.74, 6) is 0. The smallest absolute Gasteiger partial charge is 0.208 e. The number of rotatable bonds is 3. The molecular weight excluding hydrogens is 197 g/mol. The molecule has 0 atom stereocenters. The molecule has 0 rings (SSSR count). The second-order valence-corrected chi connectivity index (χ2v) is 4.46. The Hall–Kier alpha value is 0.230. The van der Waals surface area contributed by atoms with Crippen molar-refractivity contribution in [2.45, 2.75) is 0 Å². The lowest BCUT2D eigenvalue weighted by Gasteiger charge is -1.94. The third-order valence-corrected chi connectivity index (χ3v) is 1.60. The number of hydrogen-bond donors (Lipinski definition) is 1. The maximum Gasteiger partial charge on any atom is 0.208 e. The highest BCUT2D eigenvalue weighted by Crippen LogP contribution is 2.04. The van der Waals surface area contributed by atoms with Gasteiger partial charge in [0.05, 0.1) is 6.26 Å². The van der Waals surface area contributed by atoms with E-state index in [9.17, 15) is 8.42 Å². The first-order chi connectivity index (χ1) is 4.42. The van der Waals surface area contributed by atoms with Crippen LogP contribution in [-0.2, 0) is 10.0 Å². The zero-order valence-electron chi connectivity index (χ0n) is 5.27. The minimum Gasteiger partial charge on any atom is -0.213 e. The number of hydrogen-bond acceptors (Lipinski definition) is 2. The molecule has 0 amide bonds. The highest BCUT2D eigenvalue weighted by molar-refractivity contribution is 7.88. The first-order valence-electron chi connectivity index (χ1n) is 2.37. The Morgan fingerprint density at radius 2 is 2.10 bits per heavy atom. The van der Waals surface area contributed by atoms with E-state index in [1.807, 2.05) is 0 Å². The fraction of sp³-hybridized carbons (Fsp3) is 0.500. The van der Waals surface area contributed by atoms with Crippen molar-refractivity contribution >= 4 is 33.2 Å². The lowest BCUT2D eigenvalue weighted by Crippen LogP contribution is -2.21. The van der Waals surface area contributed by atoms with Gasteiger partial charge in [0.15, 0.2) is 0 Å². The monoisotopic (exact) mass is 203 g/mol. The summed E-state index contributed by atoms with van der Waals surface area (Å²) in [5, 5.41) is 0. The highest BCUT2D eigenvalue weighted by atomic mass is 35.5. The van der Waals surface area contributed by atoms with Crippen molar-refractivity contribution in [1.29, 1.82) is 0 Å². The van der Waals surface area contributed by atoms with Gasteiger partial charge in [-0.15, -0.1) is 0 Å². The van der Waals surface area contributed by atoms with Crippen LogP contribution >= 0.6 is 23.2 Å². The van der Waals surface area contributed by atoms with Crippen LogP contribution in [0.25, 0.3) is 0 Å². The van der Waals surface area contributed by atoms with E-state index in [0.717, 1.165) is 6.26 Å². The fourth-order valence-corrected chi connectivity index (χ4v) is 0.811. The van der Waals surface area contributed by atoms with E-state index < -0.39 is 10.0 Å². The van der Waals surface area contributed by atoms with Crippen LogP contribution in [0.2, 0.25) is 0 Å². The summed E-state index contributed by atoms with van der Waals surface area (Å²) >= 11 is 10.4. The van der Waals surface area contributed by atoms with E-state index >= 15 is 0 Å². The maximum absolute atomic E-state index is 10.4. The van der Waals surface area contributed by atoms with E-state index in [4.69, 9.17) is 23.2 Å². The summed E-state index contributed by atoms with van der Waals surface area (Å²) in [5.41, 5.74) is 0. The summed E-state index contributed by atoms with van der Waals surface area (Å²) in [6, 6.07) is 0. The molecule has 0 radical (unpaired) electrons. The molecule has 3 nitrogen and oxygen atoms in total. The van der Waals surface area contributed by atoms with Gasteiger partial charge in [0.1, 0.15) is 4.49 Å². The van der Waals surface area contributed by atoms with Crippen LogP contribution in [0, 0.1) is 0 Å². The molecule has 6 heteroatoms. The first kappa shape index (κ1) is 10.2. The number of sulfonamides is 1. The van der Waals surface area contributed by atoms with Crippen molar-refractivity contribution in [2.24, 2.45) is 0 Å². The molecule has 60 valence electrons. The summed E-state index contributed by atoms with van der Waals surface area (Å²) < 4.78 is 23.0. The third-order valence-electron chi connectivity index (χ3n) is 0.602. The molecular formula is C4H7Cl2NO2S.